The summed E-state index contributed by atoms with van der Waals surface area (Å²) in [5, 5.41) is 3.88. The number of nitrogens with zero attached hydrogens (tertiary/aromatic N) is 3. The summed E-state index contributed by atoms with van der Waals surface area (Å²) < 4.78 is 19.7. The van der Waals surface area contributed by atoms with Crippen LogP contribution in [-0.4, -0.2) is 21.1 Å². The summed E-state index contributed by atoms with van der Waals surface area (Å²) in [7, 11) is 0. The number of rotatable bonds is 6. The summed E-state index contributed by atoms with van der Waals surface area (Å²) in [5.74, 6) is 0.738. The van der Waals surface area contributed by atoms with Gasteiger partial charge in [-0.25, -0.2) is 4.39 Å². The highest BCUT2D eigenvalue weighted by Gasteiger charge is 2.16. The van der Waals surface area contributed by atoms with Gasteiger partial charge in [-0.1, -0.05) is 21.1 Å². The zero-order chi connectivity index (χ0) is 15.4. The minimum Gasteiger partial charge on any atom is -0.338 e. The van der Waals surface area contributed by atoms with Crippen LogP contribution in [-0.2, 0) is 19.6 Å². The van der Waals surface area contributed by atoms with Gasteiger partial charge in [-0.15, -0.1) is 0 Å². The number of nitrogens with two attached hydrogens (primary N) is 1. The first-order valence-corrected chi connectivity index (χ1v) is 7.48. The number of halogens is 2. The maximum atomic E-state index is 13.9. The molecule has 2 N–H and O–H groups in total. The van der Waals surface area contributed by atoms with E-state index in [1.165, 1.54) is 6.07 Å². The summed E-state index contributed by atoms with van der Waals surface area (Å²) in [6.07, 6.45) is 0. The zero-order valence-electron chi connectivity index (χ0n) is 12.0. The maximum Gasteiger partial charge on any atom is 0.240 e. The van der Waals surface area contributed by atoms with E-state index in [0.29, 0.717) is 30.4 Å². The Bertz CT molecular complexity index is 602. The molecule has 2 rings (SSSR count). The van der Waals surface area contributed by atoms with Gasteiger partial charge in [0, 0.05) is 22.6 Å². The van der Waals surface area contributed by atoms with Gasteiger partial charge in [-0.05, 0) is 32.0 Å². The van der Waals surface area contributed by atoms with E-state index in [1.807, 2.05) is 13.8 Å². The third kappa shape index (κ3) is 4.33. The van der Waals surface area contributed by atoms with E-state index in [2.05, 4.69) is 31.0 Å². The van der Waals surface area contributed by atoms with Crippen LogP contribution in [0.2, 0.25) is 0 Å². The minimum atomic E-state index is -0.223. The molecule has 0 saturated heterocycles. The summed E-state index contributed by atoms with van der Waals surface area (Å²) in [6.45, 7) is 5.25. The second-order valence-electron chi connectivity index (χ2n) is 5.04. The molecule has 0 aliphatic rings. The third-order valence-corrected chi connectivity index (χ3v) is 3.63. The quantitative estimate of drug-likeness (QED) is 0.861. The second-order valence-corrected chi connectivity index (χ2v) is 5.96. The molecule has 1 aromatic heterocycles. The van der Waals surface area contributed by atoms with Crippen molar-refractivity contribution in [2.24, 2.45) is 5.73 Å². The summed E-state index contributed by atoms with van der Waals surface area (Å²) in [4.78, 5) is 6.25. The lowest BCUT2D eigenvalue weighted by Crippen LogP contribution is -2.30. The van der Waals surface area contributed by atoms with Crippen molar-refractivity contribution < 1.29 is 8.91 Å². The van der Waals surface area contributed by atoms with Gasteiger partial charge in [0.05, 0.1) is 13.1 Å². The van der Waals surface area contributed by atoms with E-state index >= 15 is 0 Å². The van der Waals surface area contributed by atoms with Crippen LogP contribution >= 0.6 is 15.9 Å². The molecule has 7 heteroatoms. The smallest absolute Gasteiger partial charge is 0.240 e. The van der Waals surface area contributed by atoms with Gasteiger partial charge < -0.3 is 10.3 Å². The molecule has 1 aromatic carbocycles. The predicted octanol–water partition coefficient (Wildman–Crippen LogP) is 2.84. The monoisotopic (exact) mass is 356 g/mol. The maximum absolute atomic E-state index is 13.9. The Balaban J connectivity index is 2.13. The van der Waals surface area contributed by atoms with Crippen LogP contribution in [0.5, 0.6) is 0 Å². The highest BCUT2D eigenvalue weighted by atomic mass is 79.9. The summed E-state index contributed by atoms with van der Waals surface area (Å²) >= 11 is 3.36. The normalized spacial score (nSPS) is 11.6. The Morgan fingerprint density at radius 2 is 2.14 bits per heavy atom. The Kier molecular flexibility index (Phi) is 5.44. The molecule has 0 fully saturated rings. The molecule has 114 valence electrons. The highest BCUT2D eigenvalue weighted by Crippen LogP contribution is 2.19. The summed E-state index contributed by atoms with van der Waals surface area (Å²) in [5.41, 5.74) is 6.07. The lowest BCUT2D eigenvalue weighted by molar-refractivity contribution is 0.193. The highest BCUT2D eigenvalue weighted by molar-refractivity contribution is 9.10. The Morgan fingerprint density at radius 3 is 2.76 bits per heavy atom. The molecule has 0 radical (unpaired) electrons. The molecule has 0 spiro atoms. The van der Waals surface area contributed by atoms with E-state index in [0.717, 1.165) is 4.47 Å². The van der Waals surface area contributed by atoms with Crippen LogP contribution < -0.4 is 5.73 Å². The van der Waals surface area contributed by atoms with Crippen molar-refractivity contribution in [2.45, 2.75) is 39.5 Å². The van der Waals surface area contributed by atoms with E-state index in [1.54, 1.807) is 12.1 Å². The molecule has 0 amide bonds. The number of hydrogen-bond donors (Lipinski definition) is 1. The fourth-order valence-corrected chi connectivity index (χ4v) is 2.33. The third-order valence-electron chi connectivity index (χ3n) is 3.14. The van der Waals surface area contributed by atoms with E-state index in [-0.39, 0.29) is 18.4 Å². The molecule has 0 atom stereocenters. The van der Waals surface area contributed by atoms with Crippen molar-refractivity contribution in [2.75, 3.05) is 0 Å². The Labute approximate surface area is 131 Å². The van der Waals surface area contributed by atoms with Gasteiger partial charge in [-0.2, -0.15) is 4.98 Å². The average molecular weight is 357 g/mol. The lowest BCUT2D eigenvalue weighted by Gasteiger charge is -2.25. The van der Waals surface area contributed by atoms with Crippen LogP contribution in [0.4, 0.5) is 4.39 Å². The molecule has 5 nitrogen and oxygen atoms in total. The fourth-order valence-electron chi connectivity index (χ4n) is 1.92. The van der Waals surface area contributed by atoms with Gasteiger partial charge in [0.15, 0.2) is 5.82 Å². The SMILES string of the molecule is CC(C)N(Cc1noc(CN)n1)Cc1cc(Br)ccc1F. The van der Waals surface area contributed by atoms with Crippen molar-refractivity contribution in [1.29, 1.82) is 0 Å². The molecule has 0 saturated carbocycles. The van der Waals surface area contributed by atoms with E-state index in [9.17, 15) is 4.39 Å². The summed E-state index contributed by atoms with van der Waals surface area (Å²) in [6, 6.07) is 5.14. The largest absolute Gasteiger partial charge is 0.338 e. The van der Waals surface area contributed by atoms with Crippen molar-refractivity contribution in [3.63, 3.8) is 0 Å². The standard InChI is InChI=1S/C14H18BrFN4O/c1-9(2)20(8-13-18-14(6-17)21-19-13)7-10-5-11(15)3-4-12(10)16/h3-5,9H,6-8,17H2,1-2H3. The van der Waals surface area contributed by atoms with Gasteiger partial charge in [-0.3, -0.25) is 4.90 Å². The minimum absolute atomic E-state index is 0.211. The van der Waals surface area contributed by atoms with Crippen molar-refractivity contribution >= 4 is 15.9 Å². The van der Waals surface area contributed by atoms with Crippen molar-refractivity contribution in [1.82, 2.24) is 15.0 Å². The first-order chi connectivity index (χ1) is 9.99. The van der Waals surface area contributed by atoms with Gasteiger partial charge in [0.25, 0.3) is 0 Å². The molecular weight excluding hydrogens is 339 g/mol. The van der Waals surface area contributed by atoms with E-state index in [4.69, 9.17) is 10.3 Å². The molecule has 0 unspecified atom stereocenters. The van der Waals surface area contributed by atoms with Crippen LogP contribution in [0.15, 0.2) is 27.2 Å². The first kappa shape index (κ1) is 16.1. The van der Waals surface area contributed by atoms with E-state index < -0.39 is 0 Å². The molecule has 0 aliphatic carbocycles. The average Bonchev–Trinajstić information content (AvgIpc) is 2.89. The number of hydrogen-bond acceptors (Lipinski definition) is 5. The van der Waals surface area contributed by atoms with Crippen LogP contribution in [0.25, 0.3) is 0 Å². The van der Waals surface area contributed by atoms with Crippen LogP contribution in [0, 0.1) is 5.82 Å². The molecule has 1 heterocycles. The zero-order valence-corrected chi connectivity index (χ0v) is 13.6. The van der Waals surface area contributed by atoms with Crippen molar-refractivity contribution in [3.8, 4) is 0 Å². The van der Waals surface area contributed by atoms with Gasteiger partial charge in [0.2, 0.25) is 5.89 Å². The topological polar surface area (TPSA) is 68.2 Å². The van der Waals surface area contributed by atoms with Crippen LogP contribution in [0.3, 0.4) is 0 Å². The predicted molar refractivity (Wildman–Crippen MR) is 80.7 cm³/mol. The molecule has 2 aromatic rings. The Hall–Kier alpha value is -1.31. The molecule has 0 aliphatic heterocycles. The van der Waals surface area contributed by atoms with Gasteiger partial charge in [0.1, 0.15) is 5.82 Å². The van der Waals surface area contributed by atoms with Crippen LogP contribution in [0.1, 0.15) is 31.1 Å². The van der Waals surface area contributed by atoms with Crippen molar-refractivity contribution in [3.05, 3.63) is 45.8 Å². The Morgan fingerprint density at radius 1 is 1.38 bits per heavy atom. The second kappa shape index (κ2) is 7.11. The number of aromatic nitrogens is 2. The van der Waals surface area contributed by atoms with Gasteiger partial charge >= 0.3 is 0 Å². The fraction of sp³-hybridized carbons (Fsp3) is 0.429. The molecular formula is C14H18BrFN4O. The molecule has 0 bridgehead atoms. The number of benzene rings is 1. The lowest BCUT2D eigenvalue weighted by atomic mass is 10.1. The first-order valence-electron chi connectivity index (χ1n) is 6.69. The molecule has 21 heavy (non-hydrogen) atoms.